The number of thioether (sulfide) groups is 1. The number of likely N-dealkylation sites (N-methyl/N-ethyl adjacent to an activating group) is 1. The van der Waals surface area contributed by atoms with Gasteiger partial charge in [-0.25, -0.2) is 9.37 Å². The fourth-order valence-electron chi connectivity index (χ4n) is 3.09. The maximum Gasteiger partial charge on any atom is 0.256 e. The third-order valence-corrected chi connectivity index (χ3v) is 5.49. The van der Waals surface area contributed by atoms with Crippen molar-refractivity contribution in [3.05, 3.63) is 60.5 Å². The van der Waals surface area contributed by atoms with E-state index in [0.717, 1.165) is 11.3 Å². The van der Waals surface area contributed by atoms with Crippen LogP contribution >= 0.6 is 11.8 Å². The third-order valence-electron chi connectivity index (χ3n) is 4.66. The van der Waals surface area contributed by atoms with Crippen molar-refractivity contribution in [3.8, 4) is 22.8 Å². The topological polar surface area (TPSA) is 64.8 Å². The molecule has 1 aliphatic rings. The van der Waals surface area contributed by atoms with Crippen molar-refractivity contribution in [1.29, 1.82) is 0 Å². The number of para-hydroxylation sites is 2. The zero-order valence-corrected chi connectivity index (χ0v) is 17.2. The van der Waals surface area contributed by atoms with Gasteiger partial charge < -0.3 is 18.8 Å². The lowest BCUT2D eigenvalue weighted by Gasteiger charge is -2.30. The lowest BCUT2D eigenvalue weighted by Crippen LogP contribution is -2.44. The van der Waals surface area contributed by atoms with Crippen molar-refractivity contribution < 1.29 is 23.1 Å². The van der Waals surface area contributed by atoms with Crippen LogP contribution in [0.5, 0.6) is 11.5 Å². The lowest BCUT2D eigenvalue weighted by molar-refractivity contribution is -0.129. The van der Waals surface area contributed by atoms with E-state index in [1.54, 1.807) is 23.2 Å². The molecule has 0 bridgehead atoms. The minimum Gasteiger partial charge on any atom is -0.486 e. The van der Waals surface area contributed by atoms with Crippen LogP contribution in [0.4, 0.5) is 4.39 Å². The first-order valence-corrected chi connectivity index (χ1v) is 10.6. The zero-order chi connectivity index (χ0) is 20.9. The number of ether oxygens (including phenoxy) is 2. The molecule has 0 spiro atoms. The number of benzene rings is 2. The van der Waals surface area contributed by atoms with Crippen LogP contribution in [-0.4, -0.2) is 47.3 Å². The normalized spacial score (nSPS) is 15.1. The summed E-state index contributed by atoms with van der Waals surface area (Å²) in [7, 11) is 0. The summed E-state index contributed by atoms with van der Waals surface area (Å²) < 4.78 is 30.4. The Morgan fingerprint density at radius 1 is 1.20 bits per heavy atom. The van der Waals surface area contributed by atoms with Gasteiger partial charge in [0, 0.05) is 12.1 Å². The Hall–Kier alpha value is -3.00. The number of hydrogen-bond donors (Lipinski definition) is 0. The second-order valence-electron chi connectivity index (χ2n) is 6.72. The largest absolute Gasteiger partial charge is 0.486 e. The van der Waals surface area contributed by atoms with E-state index in [9.17, 15) is 9.18 Å². The molecule has 0 radical (unpaired) electrons. The summed E-state index contributed by atoms with van der Waals surface area (Å²) in [4.78, 5) is 18.6. The number of aromatic nitrogens is 1. The molecule has 2 heterocycles. The van der Waals surface area contributed by atoms with E-state index in [4.69, 9.17) is 13.9 Å². The maximum absolute atomic E-state index is 13.1. The van der Waals surface area contributed by atoms with E-state index in [0.29, 0.717) is 36.4 Å². The van der Waals surface area contributed by atoms with Gasteiger partial charge >= 0.3 is 0 Å². The molecule has 0 unspecified atom stereocenters. The molecule has 0 N–H and O–H groups in total. The van der Waals surface area contributed by atoms with Crippen LogP contribution in [0, 0.1) is 5.82 Å². The van der Waals surface area contributed by atoms with Gasteiger partial charge in [0.2, 0.25) is 5.91 Å². The molecule has 0 saturated carbocycles. The molecule has 6 nitrogen and oxygen atoms in total. The molecule has 30 heavy (non-hydrogen) atoms. The molecule has 0 fully saturated rings. The highest BCUT2D eigenvalue weighted by Gasteiger charge is 2.25. The predicted molar refractivity (Wildman–Crippen MR) is 111 cm³/mol. The summed E-state index contributed by atoms with van der Waals surface area (Å²) >= 11 is 1.23. The second kappa shape index (κ2) is 9.21. The SMILES string of the molecule is CCN(C[C@H]1COc2ccccc2O1)C(=O)CSc1ncc(-c2ccc(F)cc2)o1. The first-order chi connectivity index (χ1) is 14.6. The van der Waals surface area contributed by atoms with Crippen LogP contribution in [0.3, 0.4) is 0 Å². The highest BCUT2D eigenvalue weighted by Crippen LogP contribution is 2.31. The van der Waals surface area contributed by atoms with Gasteiger partial charge in [0.1, 0.15) is 12.4 Å². The number of hydrogen-bond acceptors (Lipinski definition) is 6. The van der Waals surface area contributed by atoms with E-state index in [1.165, 1.54) is 23.9 Å². The van der Waals surface area contributed by atoms with Crippen LogP contribution in [-0.2, 0) is 4.79 Å². The van der Waals surface area contributed by atoms with E-state index in [-0.39, 0.29) is 23.6 Å². The number of carbonyl (C=O) groups excluding carboxylic acids is 1. The first-order valence-electron chi connectivity index (χ1n) is 9.63. The number of rotatable bonds is 7. The van der Waals surface area contributed by atoms with Gasteiger partial charge in [0.15, 0.2) is 23.4 Å². The van der Waals surface area contributed by atoms with E-state index < -0.39 is 0 Å². The number of fused-ring (bicyclic) bond motifs is 1. The molecule has 4 rings (SSSR count). The first kappa shape index (κ1) is 20.3. The molecule has 156 valence electrons. The van der Waals surface area contributed by atoms with Crippen molar-refractivity contribution >= 4 is 17.7 Å². The van der Waals surface area contributed by atoms with Gasteiger partial charge in [-0.05, 0) is 43.3 Å². The molecule has 1 aliphatic heterocycles. The molecule has 8 heteroatoms. The highest BCUT2D eigenvalue weighted by molar-refractivity contribution is 7.99. The van der Waals surface area contributed by atoms with Gasteiger partial charge in [0.25, 0.3) is 5.22 Å². The molecule has 3 aromatic rings. The van der Waals surface area contributed by atoms with Crippen LogP contribution < -0.4 is 9.47 Å². The third kappa shape index (κ3) is 4.76. The Morgan fingerprint density at radius 2 is 1.97 bits per heavy atom. The number of nitrogens with zero attached hydrogens (tertiary/aromatic N) is 2. The van der Waals surface area contributed by atoms with E-state index in [2.05, 4.69) is 4.98 Å². The van der Waals surface area contributed by atoms with Crippen LogP contribution in [0.25, 0.3) is 11.3 Å². The summed E-state index contributed by atoms with van der Waals surface area (Å²) in [5, 5.41) is 0.393. The van der Waals surface area contributed by atoms with E-state index in [1.807, 2.05) is 31.2 Å². The van der Waals surface area contributed by atoms with Gasteiger partial charge in [-0.1, -0.05) is 23.9 Å². The van der Waals surface area contributed by atoms with Crippen LogP contribution in [0.15, 0.2) is 64.4 Å². The summed E-state index contributed by atoms with van der Waals surface area (Å²) in [6, 6.07) is 13.5. The van der Waals surface area contributed by atoms with Gasteiger partial charge in [-0.2, -0.15) is 0 Å². The molecular formula is C22H21FN2O4S. The quantitative estimate of drug-likeness (QED) is 0.524. The van der Waals surface area contributed by atoms with Gasteiger partial charge in [-0.15, -0.1) is 0 Å². The Morgan fingerprint density at radius 3 is 2.73 bits per heavy atom. The minimum atomic E-state index is -0.311. The van der Waals surface area contributed by atoms with Crippen molar-refractivity contribution in [2.45, 2.75) is 18.3 Å². The summed E-state index contributed by atoms with van der Waals surface area (Å²) in [5.74, 6) is 1.80. The summed E-state index contributed by atoms with van der Waals surface area (Å²) in [5.41, 5.74) is 0.729. The summed E-state index contributed by atoms with van der Waals surface area (Å²) in [6.07, 6.45) is 1.35. The highest BCUT2D eigenvalue weighted by atomic mass is 32.2. The predicted octanol–water partition coefficient (Wildman–Crippen LogP) is 4.26. The maximum atomic E-state index is 13.1. The molecule has 2 aromatic carbocycles. The van der Waals surface area contributed by atoms with Crippen LogP contribution in [0.1, 0.15) is 6.92 Å². The Kier molecular flexibility index (Phi) is 6.23. The Balaban J connectivity index is 1.31. The van der Waals surface area contributed by atoms with Crippen molar-refractivity contribution in [3.63, 3.8) is 0 Å². The van der Waals surface area contributed by atoms with Gasteiger partial charge in [0.05, 0.1) is 18.5 Å². The lowest BCUT2D eigenvalue weighted by atomic mass is 10.2. The average Bonchev–Trinajstić information content (AvgIpc) is 3.25. The number of carbonyl (C=O) groups is 1. The number of oxazole rings is 1. The van der Waals surface area contributed by atoms with Crippen molar-refractivity contribution in [2.24, 2.45) is 0 Å². The van der Waals surface area contributed by atoms with Crippen molar-refractivity contribution in [2.75, 3.05) is 25.4 Å². The number of amides is 1. The molecule has 0 aliphatic carbocycles. The molecule has 1 atom stereocenters. The molecular weight excluding hydrogens is 407 g/mol. The molecule has 1 amide bonds. The van der Waals surface area contributed by atoms with Gasteiger partial charge in [-0.3, -0.25) is 4.79 Å². The fraction of sp³-hybridized carbons (Fsp3) is 0.273. The molecule has 1 aromatic heterocycles. The minimum absolute atomic E-state index is 0.0357. The van der Waals surface area contributed by atoms with Crippen LogP contribution in [0.2, 0.25) is 0 Å². The Bertz CT molecular complexity index is 1010. The van der Waals surface area contributed by atoms with Crippen molar-refractivity contribution in [1.82, 2.24) is 9.88 Å². The zero-order valence-electron chi connectivity index (χ0n) is 16.4. The number of halogens is 1. The standard InChI is InChI=1S/C22H21FN2O4S/c1-2-25(12-17-13-27-18-5-3-4-6-19(18)28-17)21(26)14-30-22-24-11-20(29-22)15-7-9-16(23)10-8-15/h3-11,17H,2,12-14H2,1H3/t17-/m0/s1. The second-order valence-corrected chi connectivity index (χ2v) is 7.64. The fourth-order valence-corrected chi connectivity index (χ4v) is 3.80. The monoisotopic (exact) mass is 428 g/mol. The summed E-state index contributed by atoms with van der Waals surface area (Å²) in [6.45, 7) is 3.33. The Labute approximate surface area is 178 Å². The smallest absolute Gasteiger partial charge is 0.256 e. The average molecular weight is 428 g/mol. The van der Waals surface area contributed by atoms with E-state index >= 15 is 0 Å². The molecule has 0 saturated heterocycles.